The van der Waals surface area contributed by atoms with E-state index < -0.39 is 0 Å². The highest BCUT2D eigenvalue weighted by Crippen LogP contribution is 2.31. The highest BCUT2D eigenvalue weighted by Gasteiger charge is 2.21. The summed E-state index contributed by atoms with van der Waals surface area (Å²) >= 11 is 7.40. The fraction of sp³-hybridized carbons (Fsp3) is 0.636. The van der Waals surface area contributed by atoms with Gasteiger partial charge in [0.2, 0.25) is 0 Å². The molecule has 1 aromatic rings. The summed E-state index contributed by atoms with van der Waals surface area (Å²) in [6.07, 6.45) is 5.53. The summed E-state index contributed by atoms with van der Waals surface area (Å²) in [6.45, 7) is 0. The van der Waals surface area contributed by atoms with Gasteiger partial charge in [0.15, 0.2) is 0 Å². The summed E-state index contributed by atoms with van der Waals surface area (Å²) in [5.41, 5.74) is 0. The number of hydrogen-bond acceptors (Lipinski definition) is 2. The number of thiophene rings is 1. The molecular formula is C11H15ClOS. The van der Waals surface area contributed by atoms with Crippen molar-refractivity contribution in [2.45, 2.75) is 38.2 Å². The van der Waals surface area contributed by atoms with Crippen molar-refractivity contribution in [3.63, 3.8) is 0 Å². The van der Waals surface area contributed by atoms with Crippen LogP contribution in [0.2, 0.25) is 4.34 Å². The molecule has 0 aliphatic heterocycles. The van der Waals surface area contributed by atoms with Gasteiger partial charge in [0.25, 0.3) is 0 Å². The van der Waals surface area contributed by atoms with Crippen LogP contribution < -0.4 is 0 Å². The Labute approximate surface area is 93.7 Å². The molecule has 1 aromatic heterocycles. The fourth-order valence-electron chi connectivity index (χ4n) is 1.89. The Balaban J connectivity index is 1.78. The highest BCUT2D eigenvalue weighted by atomic mass is 35.5. The van der Waals surface area contributed by atoms with Crippen LogP contribution in [0.1, 0.15) is 30.6 Å². The van der Waals surface area contributed by atoms with E-state index in [1.165, 1.54) is 24.1 Å². The van der Waals surface area contributed by atoms with Gasteiger partial charge in [0.1, 0.15) is 0 Å². The maximum atomic E-state index is 9.81. The van der Waals surface area contributed by atoms with Crippen molar-refractivity contribution < 1.29 is 5.11 Å². The van der Waals surface area contributed by atoms with E-state index in [1.54, 1.807) is 11.3 Å². The third kappa shape index (κ3) is 2.72. The van der Waals surface area contributed by atoms with Gasteiger partial charge < -0.3 is 5.11 Å². The van der Waals surface area contributed by atoms with Crippen LogP contribution in [0.4, 0.5) is 0 Å². The monoisotopic (exact) mass is 230 g/mol. The molecule has 1 nitrogen and oxygen atoms in total. The molecule has 1 atom stereocenters. The van der Waals surface area contributed by atoms with Crippen molar-refractivity contribution >= 4 is 22.9 Å². The second-order valence-corrected chi connectivity index (χ2v) is 5.90. The smallest absolute Gasteiger partial charge is 0.0931 e. The molecule has 0 saturated heterocycles. The molecule has 0 aromatic carbocycles. The molecule has 1 heterocycles. The molecule has 3 heteroatoms. The topological polar surface area (TPSA) is 20.2 Å². The maximum Gasteiger partial charge on any atom is 0.0931 e. The van der Waals surface area contributed by atoms with E-state index in [0.29, 0.717) is 0 Å². The van der Waals surface area contributed by atoms with Crippen LogP contribution in [0.25, 0.3) is 0 Å². The molecule has 0 spiro atoms. The second-order valence-electron chi connectivity index (χ2n) is 4.10. The first-order valence-electron chi connectivity index (χ1n) is 5.16. The van der Waals surface area contributed by atoms with Crippen LogP contribution in [-0.2, 0) is 6.42 Å². The van der Waals surface area contributed by atoms with E-state index in [9.17, 15) is 5.11 Å². The lowest BCUT2D eigenvalue weighted by Gasteiger charge is -2.27. The predicted molar refractivity (Wildman–Crippen MR) is 61.0 cm³/mol. The van der Waals surface area contributed by atoms with Crippen LogP contribution in [0.3, 0.4) is 0 Å². The average Bonchev–Trinajstić information content (AvgIpc) is 2.44. The normalized spacial score (nSPS) is 19.3. The van der Waals surface area contributed by atoms with Gasteiger partial charge >= 0.3 is 0 Å². The lowest BCUT2D eigenvalue weighted by atomic mass is 9.81. The van der Waals surface area contributed by atoms with Crippen LogP contribution in [0, 0.1) is 5.92 Å². The zero-order valence-electron chi connectivity index (χ0n) is 8.08. The molecule has 78 valence electrons. The van der Waals surface area contributed by atoms with E-state index in [4.69, 9.17) is 11.6 Å². The minimum absolute atomic E-state index is 0.171. The lowest BCUT2D eigenvalue weighted by molar-refractivity contribution is 0.118. The Bertz CT molecular complexity index is 293. The van der Waals surface area contributed by atoms with Gasteiger partial charge in [-0.2, -0.15) is 0 Å². The van der Waals surface area contributed by atoms with Crippen molar-refractivity contribution in [1.82, 2.24) is 0 Å². The number of rotatable bonds is 4. The third-order valence-corrected chi connectivity index (χ3v) is 4.15. The Hall–Kier alpha value is -0.0500. The Morgan fingerprint density at radius 2 is 2.29 bits per heavy atom. The molecule has 1 aliphatic rings. The first-order chi connectivity index (χ1) is 6.74. The molecular weight excluding hydrogens is 216 g/mol. The average molecular weight is 231 g/mol. The Morgan fingerprint density at radius 3 is 2.79 bits per heavy atom. The molecule has 2 rings (SSSR count). The Kier molecular flexibility index (Phi) is 3.47. The van der Waals surface area contributed by atoms with E-state index in [1.807, 2.05) is 12.1 Å². The van der Waals surface area contributed by atoms with Crippen LogP contribution in [-0.4, -0.2) is 11.2 Å². The molecule has 0 radical (unpaired) electrons. The first kappa shape index (κ1) is 10.5. The first-order valence-corrected chi connectivity index (χ1v) is 6.36. The lowest BCUT2D eigenvalue weighted by Crippen LogP contribution is -2.20. The molecule has 1 N–H and O–H groups in total. The van der Waals surface area contributed by atoms with E-state index in [-0.39, 0.29) is 6.10 Å². The van der Waals surface area contributed by atoms with Gasteiger partial charge in [-0.3, -0.25) is 0 Å². The van der Waals surface area contributed by atoms with Gasteiger partial charge in [-0.1, -0.05) is 30.9 Å². The van der Waals surface area contributed by atoms with Gasteiger partial charge in [-0.15, -0.1) is 11.3 Å². The molecule has 14 heavy (non-hydrogen) atoms. The number of hydrogen-bond donors (Lipinski definition) is 1. The molecule has 1 saturated carbocycles. The standard InChI is InChI=1S/C11H15ClOS/c12-11-5-4-10(14-11)7-9(13)6-8-2-1-3-8/h4-5,8-9,13H,1-3,6-7H2. The van der Waals surface area contributed by atoms with E-state index in [0.717, 1.165) is 23.1 Å². The third-order valence-electron chi connectivity index (χ3n) is 2.90. The van der Waals surface area contributed by atoms with Crippen LogP contribution in [0.5, 0.6) is 0 Å². The van der Waals surface area contributed by atoms with Crippen molar-refractivity contribution in [2.24, 2.45) is 5.92 Å². The molecule has 0 amide bonds. The molecule has 0 bridgehead atoms. The predicted octanol–water partition coefficient (Wildman–Crippen LogP) is 3.50. The van der Waals surface area contributed by atoms with Crippen molar-refractivity contribution in [3.8, 4) is 0 Å². The van der Waals surface area contributed by atoms with Gasteiger partial charge in [0, 0.05) is 11.3 Å². The Morgan fingerprint density at radius 1 is 1.50 bits per heavy atom. The number of aliphatic hydroxyl groups excluding tert-OH is 1. The molecule has 1 aliphatic carbocycles. The van der Waals surface area contributed by atoms with Crippen LogP contribution in [0.15, 0.2) is 12.1 Å². The van der Waals surface area contributed by atoms with Gasteiger partial charge in [-0.25, -0.2) is 0 Å². The highest BCUT2D eigenvalue weighted by molar-refractivity contribution is 7.16. The van der Waals surface area contributed by atoms with Crippen molar-refractivity contribution in [3.05, 3.63) is 21.3 Å². The quantitative estimate of drug-likeness (QED) is 0.840. The van der Waals surface area contributed by atoms with Crippen molar-refractivity contribution in [2.75, 3.05) is 0 Å². The minimum Gasteiger partial charge on any atom is -0.393 e. The minimum atomic E-state index is -0.171. The number of halogens is 1. The molecule has 1 fully saturated rings. The van der Waals surface area contributed by atoms with E-state index in [2.05, 4.69) is 0 Å². The van der Waals surface area contributed by atoms with E-state index >= 15 is 0 Å². The molecule has 1 unspecified atom stereocenters. The SMILES string of the molecule is OC(Cc1ccc(Cl)s1)CC1CCC1. The second kappa shape index (κ2) is 4.65. The van der Waals surface area contributed by atoms with Crippen molar-refractivity contribution in [1.29, 1.82) is 0 Å². The van der Waals surface area contributed by atoms with Gasteiger partial charge in [0.05, 0.1) is 10.4 Å². The zero-order chi connectivity index (χ0) is 9.97. The fourth-order valence-corrected chi connectivity index (χ4v) is 3.05. The number of aliphatic hydroxyl groups is 1. The summed E-state index contributed by atoms with van der Waals surface area (Å²) < 4.78 is 0.816. The summed E-state index contributed by atoms with van der Waals surface area (Å²) in [5, 5.41) is 9.81. The largest absolute Gasteiger partial charge is 0.393 e. The van der Waals surface area contributed by atoms with Gasteiger partial charge in [-0.05, 0) is 24.5 Å². The summed E-state index contributed by atoms with van der Waals surface area (Å²) in [7, 11) is 0. The van der Waals surface area contributed by atoms with Crippen LogP contribution >= 0.6 is 22.9 Å². The summed E-state index contributed by atoms with van der Waals surface area (Å²) in [6, 6.07) is 3.91. The summed E-state index contributed by atoms with van der Waals surface area (Å²) in [4.78, 5) is 1.20. The summed E-state index contributed by atoms with van der Waals surface area (Å²) in [5.74, 6) is 0.778. The zero-order valence-corrected chi connectivity index (χ0v) is 9.65. The maximum absolute atomic E-state index is 9.81.